The van der Waals surface area contributed by atoms with Gasteiger partial charge < -0.3 is 15.0 Å². The van der Waals surface area contributed by atoms with Gasteiger partial charge in [-0.15, -0.1) is 0 Å². The van der Waals surface area contributed by atoms with Crippen LogP contribution in [-0.2, 0) is 14.3 Å². The maximum absolute atomic E-state index is 13.6. The number of halogens is 1. The van der Waals surface area contributed by atoms with Gasteiger partial charge in [0.1, 0.15) is 16.5 Å². The van der Waals surface area contributed by atoms with Gasteiger partial charge in [-0.1, -0.05) is 47.7 Å². The Morgan fingerprint density at radius 1 is 1.18 bits per heavy atom. The Labute approximate surface area is 193 Å². The van der Waals surface area contributed by atoms with Gasteiger partial charge in [-0.05, 0) is 25.1 Å². The van der Waals surface area contributed by atoms with Crippen molar-refractivity contribution in [2.75, 3.05) is 28.7 Å². The van der Waals surface area contributed by atoms with Crippen molar-refractivity contribution in [2.24, 2.45) is 5.92 Å². The van der Waals surface area contributed by atoms with Crippen LogP contribution in [0, 0.1) is 11.7 Å². The molecule has 1 atom stereocenters. The van der Waals surface area contributed by atoms with E-state index < -0.39 is 17.8 Å². The summed E-state index contributed by atoms with van der Waals surface area (Å²) in [6, 6.07) is 14.9. The number of rotatable bonds is 6. The molecule has 10 heteroatoms. The average Bonchev–Trinajstić information content (AvgIpc) is 3.37. The van der Waals surface area contributed by atoms with Crippen molar-refractivity contribution in [2.45, 2.75) is 13.3 Å². The molecule has 1 aliphatic heterocycles. The second kappa shape index (κ2) is 9.78. The van der Waals surface area contributed by atoms with E-state index in [4.69, 9.17) is 4.74 Å². The highest BCUT2D eigenvalue weighted by atomic mass is 32.1. The van der Waals surface area contributed by atoms with Crippen LogP contribution in [0.15, 0.2) is 54.6 Å². The van der Waals surface area contributed by atoms with Gasteiger partial charge in [0.15, 0.2) is 5.13 Å². The molecule has 3 aromatic rings. The lowest BCUT2D eigenvalue weighted by Gasteiger charge is -2.16. The van der Waals surface area contributed by atoms with Crippen molar-refractivity contribution in [3.05, 3.63) is 60.4 Å². The molecule has 1 aromatic heterocycles. The number of carbonyl (C=O) groups excluding carboxylic acids is 3. The van der Waals surface area contributed by atoms with E-state index in [-0.39, 0.29) is 36.5 Å². The summed E-state index contributed by atoms with van der Waals surface area (Å²) in [6.07, 6.45) is -0.633. The summed E-state index contributed by atoms with van der Waals surface area (Å²) in [5, 5.41) is 6.12. The van der Waals surface area contributed by atoms with Gasteiger partial charge in [0, 0.05) is 24.2 Å². The first-order chi connectivity index (χ1) is 15.9. The molecule has 1 aliphatic rings. The molecule has 0 saturated carbocycles. The average molecular weight is 469 g/mol. The van der Waals surface area contributed by atoms with E-state index >= 15 is 0 Å². The van der Waals surface area contributed by atoms with E-state index in [0.717, 1.165) is 16.9 Å². The number of ether oxygens (including phenoxy) is 1. The van der Waals surface area contributed by atoms with Crippen LogP contribution >= 0.6 is 11.3 Å². The fourth-order valence-electron chi connectivity index (χ4n) is 3.50. The van der Waals surface area contributed by atoms with Crippen LogP contribution in [0.2, 0.25) is 0 Å². The summed E-state index contributed by atoms with van der Waals surface area (Å²) in [7, 11) is 0. The van der Waals surface area contributed by atoms with Gasteiger partial charge in [-0.3, -0.25) is 14.9 Å². The zero-order valence-corrected chi connectivity index (χ0v) is 18.5. The van der Waals surface area contributed by atoms with E-state index in [1.165, 1.54) is 23.1 Å². The molecule has 0 aliphatic carbocycles. The molecule has 3 amide bonds. The quantitative estimate of drug-likeness (QED) is 0.554. The van der Waals surface area contributed by atoms with Crippen molar-refractivity contribution >= 4 is 45.1 Å². The molecule has 2 N–H and O–H groups in total. The number of nitrogens with zero attached hydrogens (tertiary/aromatic N) is 2. The number of anilines is 3. The first-order valence-electron chi connectivity index (χ1n) is 10.3. The van der Waals surface area contributed by atoms with Crippen LogP contribution in [0.5, 0.6) is 0 Å². The van der Waals surface area contributed by atoms with Gasteiger partial charge in [0.05, 0.1) is 12.5 Å². The molecule has 33 heavy (non-hydrogen) atoms. The number of hydrogen-bond donors (Lipinski definition) is 2. The third-order valence-electron chi connectivity index (χ3n) is 5.01. The van der Waals surface area contributed by atoms with E-state index in [9.17, 15) is 18.8 Å². The van der Waals surface area contributed by atoms with Crippen molar-refractivity contribution in [1.82, 2.24) is 4.98 Å². The minimum atomic E-state index is -0.643. The molecule has 1 fully saturated rings. The summed E-state index contributed by atoms with van der Waals surface area (Å²) in [5.74, 6) is -1.68. The number of benzene rings is 2. The van der Waals surface area contributed by atoms with Crippen LogP contribution in [-0.4, -0.2) is 36.0 Å². The number of thiazole rings is 1. The largest absolute Gasteiger partial charge is 0.450 e. The third-order valence-corrected chi connectivity index (χ3v) is 5.90. The molecule has 0 radical (unpaired) electrons. The van der Waals surface area contributed by atoms with E-state index in [1.807, 2.05) is 30.3 Å². The highest BCUT2D eigenvalue weighted by Crippen LogP contribution is 2.37. The lowest BCUT2D eigenvalue weighted by atomic mass is 10.1. The Bertz CT molecular complexity index is 1180. The smallest absolute Gasteiger partial charge is 0.413 e. The number of nitrogens with one attached hydrogen (secondary N) is 2. The minimum absolute atomic E-state index is 0.00968. The monoisotopic (exact) mass is 468 g/mol. The Kier molecular flexibility index (Phi) is 6.64. The highest BCUT2D eigenvalue weighted by Gasteiger charge is 2.36. The molecule has 1 saturated heterocycles. The highest BCUT2D eigenvalue weighted by molar-refractivity contribution is 7.20. The Morgan fingerprint density at radius 2 is 1.97 bits per heavy atom. The first-order valence-corrected chi connectivity index (χ1v) is 11.1. The lowest BCUT2D eigenvalue weighted by Crippen LogP contribution is -2.28. The maximum Gasteiger partial charge on any atom is 0.413 e. The van der Waals surface area contributed by atoms with Crippen LogP contribution in [0.3, 0.4) is 0 Å². The van der Waals surface area contributed by atoms with Crippen LogP contribution in [0.1, 0.15) is 13.3 Å². The molecular formula is C23H21FN4O4S. The Morgan fingerprint density at radius 3 is 2.70 bits per heavy atom. The van der Waals surface area contributed by atoms with Gasteiger partial charge in [0.25, 0.3) is 0 Å². The molecule has 0 bridgehead atoms. The number of hydrogen-bond acceptors (Lipinski definition) is 6. The van der Waals surface area contributed by atoms with Gasteiger partial charge in [-0.25, -0.2) is 14.2 Å². The Hall–Kier alpha value is -3.79. The van der Waals surface area contributed by atoms with Gasteiger partial charge >= 0.3 is 6.09 Å². The zero-order valence-electron chi connectivity index (χ0n) is 17.7. The molecule has 4 rings (SSSR count). The standard InChI is InChI=1S/C23H21FN4O4S/c1-2-32-23(31)27-22-25-19(14-7-4-3-5-8-14)21(33-22)26-20(30)15-11-18(29)28(13-15)17-10-6-9-16(24)12-17/h3-10,12,15H,2,11,13H2,1H3,(H,26,30)(H,25,27,31). The number of carbonyl (C=O) groups is 3. The summed E-state index contributed by atoms with van der Waals surface area (Å²) >= 11 is 1.09. The topological polar surface area (TPSA) is 101 Å². The van der Waals surface area contributed by atoms with Crippen LogP contribution in [0.25, 0.3) is 11.3 Å². The van der Waals surface area contributed by atoms with E-state index in [0.29, 0.717) is 16.4 Å². The third kappa shape index (κ3) is 5.17. The second-order valence-electron chi connectivity index (χ2n) is 7.28. The molecule has 1 unspecified atom stereocenters. The molecule has 2 heterocycles. The predicted molar refractivity (Wildman–Crippen MR) is 124 cm³/mol. The molecule has 0 spiro atoms. The molecule has 8 nitrogen and oxygen atoms in total. The Balaban J connectivity index is 1.54. The summed E-state index contributed by atoms with van der Waals surface area (Å²) in [5.41, 5.74) is 1.66. The molecular weight excluding hydrogens is 447 g/mol. The molecule has 170 valence electrons. The van der Waals surface area contributed by atoms with Crippen LogP contribution in [0.4, 0.5) is 25.0 Å². The zero-order chi connectivity index (χ0) is 23.4. The van der Waals surface area contributed by atoms with Crippen molar-refractivity contribution in [3.8, 4) is 11.3 Å². The van der Waals surface area contributed by atoms with Crippen LogP contribution < -0.4 is 15.5 Å². The fourth-order valence-corrected chi connectivity index (χ4v) is 4.37. The summed E-state index contributed by atoms with van der Waals surface area (Å²) in [4.78, 5) is 43.2. The van der Waals surface area contributed by atoms with Crippen molar-refractivity contribution in [3.63, 3.8) is 0 Å². The fraction of sp³-hybridized carbons (Fsp3) is 0.217. The molecule has 2 aromatic carbocycles. The predicted octanol–water partition coefficient (Wildman–Crippen LogP) is 4.51. The number of aromatic nitrogens is 1. The van der Waals surface area contributed by atoms with E-state index in [1.54, 1.807) is 13.0 Å². The normalized spacial score (nSPS) is 15.4. The van der Waals surface area contributed by atoms with Crippen molar-refractivity contribution in [1.29, 1.82) is 0 Å². The second-order valence-corrected chi connectivity index (χ2v) is 8.28. The van der Waals surface area contributed by atoms with Gasteiger partial charge in [-0.2, -0.15) is 0 Å². The minimum Gasteiger partial charge on any atom is -0.450 e. The number of amides is 3. The maximum atomic E-state index is 13.6. The lowest BCUT2D eigenvalue weighted by molar-refractivity contribution is -0.122. The SMILES string of the molecule is CCOC(=O)Nc1nc(-c2ccccc2)c(NC(=O)C2CC(=O)N(c3cccc(F)c3)C2)s1. The summed E-state index contributed by atoms with van der Waals surface area (Å²) < 4.78 is 18.5. The summed E-state index contributed by atoms with van der Waals surface area (Å²) in [6.45, 7) is 2.05. The van der Waals surface area contributed by atoms with E-state index in [2.05, 4.69) is 15.6 Å². The van der Waals surface area contributed by atoms with Gasteiger partial charge in [0.2, 0.25) is 11.8 Å². The van der Waals surface area contributed by atoms with Crippen molar-refractivity contribution < 1.29 is 23.5 Å². The first kappa shape index (κ1) is 22.4.